The molecule has 3 aliphatic rings. The molecule has 56 heavy (non-hydrogen) atoms. The van der Waals surface area contributed by atoms with Gasteiger partial charge in [0.25, 0.3) is 12.3 Å². The molecule has 4 aromatic rings. The largest absolute Gasteiger partial charge is 0.411 e. The summed E-state index contributed by atoms with van der Waals surface area (Å²) in [4.78, 5) is 32.9. The molecule has 0 spiro atoms. The van der Waals surface area contributed by atoms with Gasteiger partial charge in [0.2, 0.25) is 6.41 Å². The standard InChI is InChI=1S/C27H24Cl2F2N8O2.C5H6F3NO.C5H12/c1-41-12-22(15-3-7-19(28)21(9-15)39-25(24(30)31)33-13-35-39)38-26(40)23(36-27(38)32)18-6-2-14(8-20(18)29)16-10-34-37(11-16)17-4-5-17;6-5(7,8)4(1-2-4)9-3-10;1-5(2,3)4/h2-3,6-11,13,17,22-24H,4-5,12H2,1H3,(H2,32,36);3H,1-2H2,(H,9,10);1-4H3. The van der Waals surface area contributed by atoms with Crippen LogP contribution >= 0.6 is 23.2 Å². The minimum absolute atomic E-state index is 0.00917. The number of guanidine groups is 1. The third-order valence-corrected chi connectivity index (χ3v) is 9.39. The van der Waals surface area contributed by atoms with Crippen molar-refractivity contribution in [1.82, 2.24) is 34.8 Å². The predicted molar refractivity (Wildman–Crippen MR) is 200 cm³/mol. The van der Waals surface area contributed by atoms with Crippen molar-refractivity contribution in [3.05, 3.63) is 82.1 Å². The number of hydrogen-bond donors (Lipinski definition) is 2. The minimum Gasteiger partial charge on any atom is -0.382 e. The van der Waals surface area contributed by atoms with Crippen LogP contribution in [-0.2, 0) is 14.3 Å². The zero-order valence-corrected chi connectivity index (χ0v) is 32.7. The van der Waals surface area contributed by atoms with E-state index in [4.69, 9.17) is 33.7 Å². The fraction of sp³-hybridized carbons (Fsp3) is 0.459. The predicted octanol–water partition coefficient (Wildman–Crippen LogP) is 8.18. The van der Waals surface area contributed by atoms with Gasteiger partial charge in [0.1, 0.15) is 11.9 Å². The van der Waals surface area contributed by atoms with Gasteiger partial charge in [-0.1, -0.05) is 69.1 Å². The lowest BCUT2D eigenvalue weighted by atomic mass is 10.0. The van der Waals surface area contributed by atoms with E-state index in [1.165, 1.54) is 18.1 Å². The van der Waals surface area contributed by atoms with E-state index in [9.17, 15) is 31.5 Å². The Morgan fingerprint density at radius 1 is 1.04 bits per heavy atom. The number of amides is 2. The molecular weight excluding hydrogens is 784 g/mol. The van der Waals surface area contributed by atoms with Gasteiger partial charge in [-0.15, -0.1) is 0 Å². The van der Waals surface area contributed by atoms with E-state index in [1.54, 1.807) is 35.8 Å². The Labute approximate surface area is 330 Å². The number of carbonyl (C=O) groups excluding carboxylic acids is 2. The van der Waals surface area contributed by atoms with Gasteiger partial charge in [0.15, 0.2) is 17.8 Å². The van der Waals surface area contributed by atoms with Crippen LogP contribution in [0.2, 0.25) is 10.0 Å². The molecule has 2 saturated carbocycles. The summed E-state index contributed by atoms with van der Waals surface area (Å²) >= 11 is 13.0. The molecule has 2 unspecified atom stereocenters. The van der Waals surface area contributed by atoms with Crippen LogP contribution in [0.5, 0.6) is 0 Å². The lowest BCUT2D eigenvalue weighted by Crippen LogP contribution is -2.44. The molecule has 0 radical (unpaired) electrons. The first-order chi connectivity index (χ1) is 26.3. The van der Waals surface area contributed by atoms with E-state index < -0.39 is 42.0 Å². The van der Waals surface area contributed by atoms with Crippen LogP contribution in [0, 0.1) is 5.41 Å². The van der Waals surface area contributed by atoms with Crippen LogP contribution in [0.4, 0.5) is 22.0 Å². The third kappa shape index (κ3) is 9.84. The van der Waals surface area contributed by atoms with Crippen LogP contribution in [-0.4, -0.2) is 73.2 Å². The van der Waals surface area contributed by atoms with Gasteiger partial charge in [-0.05, 0) is 60.4 Å². The summed E-state index contributed by atoms with van der Waals surface area (Å²) < 4.78 is 70.9. The SMILES string of the molecule is CC(C)(C)C.COCC(c1ccc(Cl)c(-n2ncnc2C(F)F)c1)N1C(=O)C(c2ccc(-c3cnn(C4CC4)c3)cc2Cl)N=C1N.O=CNC1(C(F)(F)F)CC1. The van der Waals surface area contributed by atoms with Crippen LogP contribution in [0.3, 0.4) is 0 Å². The molecule has 1 aliphatic heterocycles. The summed E-state index contributed by atoms with van der Waals surface area (Å²) in [5.74, 6) is -1.01. The Kier molecular flexibility index (Phi) is 12.8. The fourth-order valence-corrected chi connectivity index (χ4v) is 6.16. The van der Waals surface area contributed by atoms with Gasteiger partial charge < -0.3 is 15.8 Å². The Bertz CT molecular complexity index is 2050. The number of carbonyl (C=O) groups is 2. The monoisotopic (exact) mass is 825 g/mol. The smallest absolute Gasteiger partial charge is 0.382 e. The molecule has 19 heteroatoms. The van der Waals surface area contributed by atoms with Crippen molar-refractivity contribution in [2.24, 2.45) is 16.1 Å². The number of rotatable bonds is 11. The van der Waals surface area contributed by atoms with Gasteiger partial charge in [-0.25, -0.2) is 23.4 Å². The molecular formula is C37H42Cl2F5N9O3. The number of hydrogen-bond acceptors (Lipinski definition) is 8. The quantitative estimate of drug-likeness (QED) is 0.115. The molecule has 2 fully saturated rings. The van der Waals surface area contributed by atoms with Crippen LogP contribution in [0.15, 0.2) is 60.1 Å². The number of nitrogens with zero attached hydrogens (tertiary/aromatic N) is 7. The zero-order valence-electron chi connectivity index (χ0n) is 31.2. The van der Waals surface area contributed by atoms with Gasteiger partial charge in [0.05, 0.1) is 35.6 Å². The second kappa shape index (κ2) is 16.9. The number of aliphatic imine (C=N–C) groups is 1. The molecule has 7 rings (SSSR count). The molecule has 3 heterocycles. The summed E-state index contributed by atoms with van der Waals surface area (Å²) in [5, 5.41) is 10.6. The highest BCUT2D eigenvalue weighted by molar-refractivity contribution is 6.32. The molecule has 2 atom stereocenters. The van der Waals surface area contributed by atoms with Crippen LogP contribution < -0.4 is 11.1 Å². The average molecular weight is 827 g/mol. The summed E-state index contributed by atoms with van der Waals surface area (Å²) in [6.45, 7) is 8.78. The lowest BCUT2D eigenvalue weighted by Gasteiger charge is -2.28. The Balaban J connectivity index is 0.000000336. The molecule has 0 saturated heterocycles. The summed E-state index contributed by atoms with van der Waals surface area (Å²) in [5.41, 5.74) is 7.89. The highest BCUT2D eigenvalue weighted by Crippen LogP contribution is 2.48. The van der Waals surface area contributed by atoms with E-state index >= 15 is 0 Å². The maximum Gasteiger partial charge on any atom is 0.411 e. The molecule has 2 aliphatic carbocycles. The first-order valence-corrected chi connectivity index (χ1v) is 18.3. The van der Waals surface area contributed by atoms with Crippen molar-refractivity contribution in [3.63, 3.8) is 0 Å². The maximum atomic E-state index is 13.8. The lowest BCUT2D eigenvalue weighted by molar-refractivity contribution is -0.167. The first-order valence-electron chi connectivity index (χ1n) is 17.5. The molecule has 12 nitrogen and oxygen atoms in total. The van der Waals surface area contributed by atoms with E-state index in [1.807, 2.05) is 16.9 Å². The molecule has 302 valence electrons. The number of alkyl halides is 5. The van der Waals surface area contributed by atoms with E-state index in [0.717, 1.165) is 35.0 Å². The van der Waals surface area contributed by atoms with Crippen molar-refractivity contribution >= 4 is 41.5 Å². The molecule has 2 amide bonds. The summed E-state index contributed by atoms with van der Waals surface area (Å²) in [6.07, 6.45) is 0.00521. The van der Waals surface area contributed by atoms with Crippen molar-refractivity contribution in [1.29, 1.82) is 0 Å². The molecule has 2 aromatic carbocycles. The Hall–Kier alpha value is -4.61. The summed E-state index contributed by atoms with van der Waals surface area (Å²) in [6, 6.07) is 8.88. The Morgan fingerprint density at radius 3 is 2.25 bits per heavy atom. The number of nitrogens with one attached hydrogen (secondary N) is 1. The highest BCUT2D eigenvalue weighted by Gasteiger charge is 2.63. The highest BCUT2D eigenvalue weighted by atomic mass is 35.5. The fourth-order valence-electron chi connectivity index (χ4n) is 5.67. The van der Waals surface area contributed by atoms with E-state index in [2.05, 4.69) is 47.9 Å². The second-order valence-corrected chi connectivity index (χ2v) is 15.9. The van der Waals surface area contributed by atoms with Crippen LogP contribution in [0.25, 0.3) is 16.8 Å². The number of methoxy groups -OCH3 is 1. The number of aromatic nitrogens is 5. The number of ether oxygens (including phenoxy) is 1. The van der Waals surface area contributed by atoms with Gasteiger partial charge in [0, 0.05) is 29.5 Å². The minimum atomic E-state index is -4.28. The Morgan fingerprint density at radius 2 is 1.71 bits per heavy atom. The van der Waals surface area contributed by atoms with Gasteiger partial charge >= 0.3 is 6.18 Å². The average Bonchev–Trinajstić information content (AvgIpc) is 3.98. The van der Waals surface area contributed by atoms with Crippen molar-refractivity contribution in [2.45, 2.75) is 89.6 Å². The number of benzene rings is 2. The normalized spacial score (nSPS) is 18.1. The molecule has 2 aromatic heterocycles. The van der Waals surface area contributed by atoms with Crippen LogP contribution in [0.1, 0.15) is 94.9 Å². The van der Waals surface area contributed by atoms with E-state index in [-0.39, 0.29) is 42.5 Å². The van der Waals surface area contributed by atoms with Crippen molar-refractivity contribution < 1.29 is 36.3 Å². The first kappa shape index (κ1) is 42.5. The molecule has 0 bridgehead atoms. The number of halogens is 7. The maximum absolute atomic E-state index is 13.8. The molecule has 3 N–H and O–H groups in total. The second-order valence-electron chi connectivity index (χ2n) is 15.1. The summed E-state index contributed by atoms with van der Waals surface area (Å²) in [7, 11) is 1.47. The third-order valence-electron chi connectivity index (χ3n) is 8.75. The van der Waals surface area contributed by atoms with Crippen molar-refractivity contribution in [2.75, 3.05) is 13.7 Å². The van der Waals surface area contributed by atoms with Gasteiger partial charge in [-0.3, -0.25) is 19.2 Å². The zero-order chi connectivity index (χ0) is 41.2. The van der Waals surface area contributed by atoms with E-state index in [0.29, 0.717) is 27.6 Å². The number of nitrogens with two attached hydrogens (primary N) is 1. The van der Waals surface area contributed by atoms with Gasteiger partial charge in [-0.2, -0.15) is 23.4 Å². The topological polar surface area (TPSA) is 146 Å². The van der Waals surface area contributed by atoms with Crippen molar-refractivity contribution in [3.8, 4) is 16.8 Å².